The number of rotatable bonds is 4. The molecule has 0 radical (unpaired) electrons. The number of benzene rings is 1. The number of anilines is 1. The highest BCUT2D eigenvalue weighted by atomic mass is 35.5. The standard InChI is InChI=1S/C12H16ClN5/c1-3-8(4-2)18-12(15-16-17-18)9-6-5-7-10(14)11(9)13/h5-8H,3-4,14H2,1-2H3. The number of halogens is 1. The summed E-state index contributed by atoms with van der Waals surface area (Å²) in [5.41, 5.74) is 7.12. The van der Waals surface area contributed by atoms with E-state index in [9.17, 15) is 0 Å². The van der Waals surface area contributed by atoms with Crippen LogP contribution in [0.5, 0.6) is 0 Å². The minimum Gasteiger partial charge on any atom is -0.398 e. The summed E-state index contributed by atoms with van der Waals surface area (Å²) in [6.45, 7) is 4.22. The van der Waals surface area contributed by atoms with Crippen molar-refractivity contribution >= 4 is 17.3 Å². The van der Waals surface area contributed by atoms with Crippen molar-refractivity contribution in [3.05, 3.63) is 23.2 Å². The zero-order valence-electron chi connectivity index (χ0n) is 10.5. The summed E-state index contributed by atoms with van der Waals surface area (Å²) in [4.78, 5) is 0. The highest BCUT2D eigenvalue weighted by Crippen LogP contribution is 2.32. The van der Waals surface area contributed by atoms with Crippen molar-refractivity contribution in [3.8, 4) is 11.4 Å². The quantitative estimate of drug-likeness (QED) is 0.863. The van der Waals surface area contributed by atoms with Crippen LogP contribution in [0.2, 0.25) is 5.02 Å². The molecule has 2 rings (SSSR count). The molecule has 0 aliphatic heterocycles. The molecule has 0 aliphatic carbocycles. The first kappa shape index (κ1) is 12.8. The van der Waals surface area contributed by atoms with Crippen molar-refractivity contribution in [3.63, 3.8) is 0 Å². The fraction of sp³-hybridized carbons (Fsp3) is 0.417. The number of hydrogen-bond acceptors (Lipinski definition) is 4. The fourth-order valence-electron chi connectivity index (χ4n) is 1.97. The van der Waals surface area contributed by atoms with Crippen LogP contribution in [0.25, 0.3) is 11.4 Å². The zero-order valence-corrected chi connectivity index (χ0v) is 11.2. The van der Waals surface area contributed by atoms with Crippen LogP contribution in [0.15, 0.2) is 18.2 Å². The number of tetrazole rings is 1. The third-order valence-electron chi connectivity index (χ3n) is 3.05. The minimum absolute atomic E-state index is 0.271. The molecule has 0 spiro atoms. The Balaban J connectivity index is 2.52. The molecule has 5 nitrogen and oxygen atoms in total. The normalized spacial score (nSPS) is 11.1. The lowest BCUT2D eigenvalue weighted by atomic mass is 10.1. The molecule has 1 heterocycles. The Labute approximate surface area is 111 Å². The lowest BCUT2D eigenvalue weighted by Gasteiger charge is -2.15. The fourth-order valence-corrected chi connectivity index (χ4v) is 2.18. The molecular weight excluding hydrogens is 250 g/mol. The summed E-state index contributed by atoms with van der Waals surface area (Å²) in [7, 11) is 0. The molecular formula is C12H16ClN5. The summed E-state index contributed by atoms with van der Waals surface area (Å²) >= 11 is 6.21. The van der Waals surface area contributed by atoms with Gasteiger partial charge in [-0.1, -0.05) is 31.5 Å². The molecule has 1 aromatic heterocycles. The van der Waals surface area contributed by atoms with Crippen LogP contribution < -0.4 is 5.73 Å². The van der Waals surface area contributed by atoms with Gasteiger partial charge in [-0.05, 0) is 35.4 Å². The van der Waals surface area contributed by atoms with E-state index in [1.165, 1.54) is 0 Å². The molecule has 6 heteroatoms. The van der Waals surface area contributed by atoms with Crippen molar-refractivity contribution in [2.24, 2.45) is 0 Å². The molecule has 0 amide bonds. The second-order valence-corrected chi connectivity index (χ2v) is 4.50. The maximum absolute atomic E-state index is 6.21. The van der Waals surface area contributed by atoms with E-state index in [1.54, 1.807) is 6.07 Å². The van der Waals surface area contributed by atoms with E-state index in [0.717, 1.165) is 18.4 Å². The van der Waals surface area contributed by atoms with Crippen LogP contribution in [-0.2, 0) is 0 Å². The van der Waals surface area contributed by atoms with Gasteiger partial charge in [0.15, 0.2) is 5.82 Å². The second kappa shape index (κ2) is 5.35. The van der Waals surface area contributed by atoms with Gasteiger partial charge in [0.2, 0.25) is 0 Å². The number of nitrogen functional groups attached to an aromatic ring is 1. The van der Waals surface area contributed by atoms with Crippen LogP contribution in [0.3, 0.4) is 0 Å². The van der Waals surface area contributed by atoms with E-state index in [1.807, 2.05) is 16.8 Å². The lowest BCUT2D eigenvalue weighted by molar-refractivity contribution is 0.422. The van der Waals surface area contributed by atoms with Gasteiger partial charge in [-0.2, -0.15) is 0 Å². The average Bonchev–Trinajstić information content (AvgIpc) is 2.83. The van der Waals surface area contributed by atoms with Gasteiger partial charge < -0.3 is 5.73 Å². The van der Waals surface area contributed by atoms with E-state index in [2.05, 4.69) is 29.4 Å². The van der Waals surface area contributed by atoms with Crippen molar-refractivity contribution in [2.75, 3.05) is 5.73 Å². The molecule has 0 saturated heterocycles. The molecule has 0 bridgehead atoms. The Morgan fingerprint density at radius 2 is 2.06 bits per heavy atom. The van der Waals surface area contributed by atoms with Crippen molar-refractivity contribution in [2.45, 2.75) is 32.7 Å². The van der Waals surface area contributed by atoms with Crippen LogP contribution in [0.1, 0.15) is 32.7 Å². The summed E-state index contributed by atoms with van der Waals surface area (Å²) in [6.07, 6.45) is 1.93. The Morgan fingerprint density at radius 3 is 2.72 bits per heavy atom. The van der Waals surface area contributed by atoms with Gasteiger partial charge in [0, 0.05) is 5.56 Å². The van der Waals surface area contributed by atoms with Crippen molar-refractivity contribution < 1.29 is 0 Å². The molecule has 1 aromatic carbocycles. The second-order valence-electron chi connectivity index (χ2n) is 4.13. The van der Waals surface area contributed by atoms with Crippen LogP contribution >= 0.6 is 11.6 Å². The van der Waals surface area contributed by atoms with Gasteiger partial charge in [0.1, 0.15) is 0 Å². The van der Waals surface area contributed by atoms with Crippen LogP contribution in [0, 0.1) is 0 Å². The molecule has 18 heavy (non-hydrogen) atoms. The number of nitrogens with zero attached hydrogens (tertiary/aromatic N) is 4. The Hall–Kier alpha value is -1.62. The average molecular weight is 266 g/mol. The number of aromatic nitrogens is 4. The van der Waals surface area contributed by atoms with Gasteiger partial charge in [-0.15, -0.1) is 5.10 Å². The number of hydrogen-bond donors (Lipinski definition) is 1. The molecule has 0 atom stereocenters. The Morgan fingerprint density at radius 1 is 1.33 bits per heavy atom. The molecule has 0 fully saturated rings. The van der Waals surface area contributed by atoms with Gasteiger partial charge in [-0.25, -0.2) is 4.68 Å². The minimum atomic E-state index is 0.271. The largest absolute Gasteiger partial charge is 0.398 e. The van der Waals surface area contributed by atoms with Gasteiger partial charge in [0.25, 0.3) is 0 Å². The number of nitrogens with two attached hydrogens (primary N) is 1. The Bertz CT molecular complexity index is 533. The first-order valence-electron chi connectivity index (χ1n) is 6.01. The van der Waals surface area contributed by atoms with E-state index in [-0.39, 0.29) is 6.04 Å². The molecule has 96 valence electrons. The first-order valence-corrected chi connectivity index (χ1v) is 6.39. The van der Waals surface area contributed by atoms with Crippen LogP contribution in [0.4, 0.5) is 5.69 Å². The lowest BCUT2D eigenvalue weighted by Crippen LogP contribution is -2.11. The van der Waals surface area contributed by atoms with Gasteiger partial charge >= 0.3 is 0 Å². The van der Waals surface area contributed by atoms with E-state index in [0.29, 0.717) is 16.5 Å². The Kier molecular flexibility index (Phi) is 3.81. The van der Waals surface area contributed by atoms with Gasteiger partial charge in [0.05, 0.1) is 16.8 Å². The topological polar surface area (TPSA) is 69.6 Å². The first-order chi connectivity index (χ1) is 8.69. The molecule has 0 aliphatic rings. The van der Waals surface area contributed by atoms with Gasteiger partial charge in [-0.3, -0.25) is 0 Å². The van der Waals surface area contributed by atoms with E-state index < -0.39 is 0 Å². The third kappa shape index (κ3) is 2.18. The van der Waals surface area contributed by atoms with Crippen LogP contribution in [-0.4, -0.2) is 20.2 Å². The summed E-state index contributed by atoms with van der Waals surface area (Å²) in [5.74, 6) is 0.668. The SMILES string of the molecule is CCC(CC)n1nnnc1-c1cccc(N)c1Cl. The molecule has 0 saturated carbocycles. The summed E-state index contributed by atoms with van der Waals surface area (Å²) in [5, 5.41) is 12.4. The smallest absolute Gasteiger partial charge is 0.183 e. The predicted octanol–water partition coefficient (Wildman–Crippen LogP) is 2.94. The zero-order chi connectivity index (χ0) is 13.1. The van der Waals surface area contributed by atoms with E-state index >= 15 is 0 Å². The van der Waals surface area contributed by atoms with Crippen molar-refractivity contribution in [1.29, 1.82) is 0 Å². The van der Waals surface area contributed by atoms with Crippen molar-refractivity contribution in [1.82, 2.24) is 20.2 Å². The third-order valence-corrected chi connectivity index (χ3v) is 3.47. The maximum atomic E-state index is 6.21. The molecule has 2 N–H and O–H groups in total. The molecule has 0 unspecified atom stereocenters. The van der Waals surface area contributed by atoms with E-state index in [4.69, 9.17) is 17.3 Å². The maximum Gasteiger partial charge on any atom is 0.183 e. The summed E-state index contributed by atoms with van der Waals surface area (Å²) < 4.78 is 1.82. The monoisotopic (exact) mass is 265 g/mol. The predicted molar refractivity (Wildman–Crippen MR) is 72.3 cm³/mol. The molecule has 2 aromatic rings. The highest BCUT2D eigenvalue weighted by Gasteiger charge is 2.18. The summed E-state index contributed by atoms with van der Waals surface area (Å²) in [6, 6.07) is 5.76. The highest BCUT2D eigenvalue weighted by molar-refractivity contribution is 6.35.